The minimum absolute atomic E-state index is 0.0491. The summed E-state index contributed by atoms with van der Waals surface area (Å²) < 4.78 is 5.78. The molecule has 2 atom stereocenters. The summed E-state index contributed by atoms with van der Waals surface area (Å²) in [5, 5.41) is 3.32. The van der Waals surface area contributed by atoms with Crippen molar-refractivity contribution in [2.75, 3.05) is 6.61 Å². The number of nitrogens with zero attached hydrogens (tertiary/aromatic N) is 1. The zero-order chi connectivity index (χ0) is 15.7. The van der Waals surface area contributed by atoms with Gasteiger partial charge < -0.3 is 15.0 Å². The van der Waals surface area contributed by atoms with Crippen LogP contribution < -0.4 is 5.32 Å². The average molecular weight is 308 g/mol. The van der Waals surface area contributed by atoms with Gasteiger partial charge in [-0.1, -0.05) is 33.1 Å². The third-order valence-electron chi connectivity index (χ3n) is 5.99. The molecule has 4 nitrogen and oxygen atoms in total. The molecule has 0 bridgehead atoms. The van der Waals surface area contributed by atoms with Gasteiger partial charge in [-0.15, -0.1) is 0 Å². The molecule has 0 aromatic carbocycles. The van der Waals surface area contributed by atoms with Crippen LogP contribution in [0.15, 0.2) is 0 Å². The number of nitrogens with one attached hydrogen (secondary N) is 1. The van der Waals surface area contributed by atoms with Gasteiger partial charge in [0.05, 0.1) is 6.10 Å². The average Bonchev–Trinajstić information content (AvgIpc) is 3.32. The quantitative estimate of drug-likeness (QED) is 0.841. The van der Waals surface area contributed by atoms with E-state index in [4.69, 9.17) is 4.74 Å². The van der Waals surface area contributed by atoms with E-state index >= 15 is 0 Å². The molecule has 2 unspecified atom stereocenters. The van der Waals surface area contributed by atoms with E-state index < -0.39 is 0 Å². The fraction of sp³-hybridized carbons (Fsp3) is 0.944. The van der Waals surface area contributed by atoms with Crippen LogP contribution in [0.5, 0.6) is 0 Å². The standard InChI is InChI=1S/C18H32N2O2/c1-4-22-16-12-15(18(16,2)3)19-17(21)20(14-10-11-14)13-8-6-5-7-9-13/h13-16H,4-12H2,1-3H3,(H,19,21). The second-order valence-electron chi connectivity index (χ2n) is 7.93. The number of amides is 2. The van der Waals surface area contributed by atoms with Crippen molar-refractivity contribution in [1.29, 1.82) is 0 Å². The number of hydrogen-bond donors (Lipinski definition) is 1. The Balaban J connectivity index is 1.58. The summed E-state index contributed by atoms with van der Waals surface area (Å²) in [5.74, 6) is 0. The Morgan fingerprint density at radius 3 is 2.32 bits per heavy atom. The molecule has 0 saturated heterocycles. The number of rotatable bonds is 5. The Morgan fingerprint density at radius 2 is 1.77 bits per heavy atom. The molecule has 0 heterocycles. The Bertz CT molecular complexity index is 400. The van der Waals surface area contributed by atoms with Gasteiger partial charge in [0.2, 0.25) is 0 Å². The van der Waals surface area contributed by atoms with Crippen molar-refractivity contribution in [3.63, 3.8) is 0 Å². The first-order chi connectivity index (χ1) is 10.5. The molecule has 1 N–H and O–H groups in total. The zero-order valence-corrected chi connectivity index (χ0v) is 14.4. The SMILES string of the molecule is CCOC1CC(NC(=O)N(C2CCCCC2)C2CC2)C1(C)C. The smallest absolute Gasteiger partial charge is 0.318 e. The third-order valence-corrected chi connectivity index (χ3v) is 5.99. The van der Waals surface area contributed by atoms with Crippen molar-refractivity contribution in [3.05, 3.63) is 0 Å². The van der Waals surface area contributed by atoms with Crippen molar-refractivity contribution >= 4 is 6.03 Å². The number of urea groups is 1. The van der Waals surface area contributed by atoms with Crippen LogP contribution in [-0.2, 0) is 4.74 Å². The lowest BCUT2D eigenvalue weighted by atomic mass is 9.64. The molecular weight excluding hydrogens is 276 g/mol. The molecule has 2 amide bonds. The summed E-state index contributed by atoms with van der Waals surface area (Å²) >= 11 is 0. The fourth-order valence-corrected chi connectivity index (χ4v) is 4.18. The van der Waals surface area contributed by atoms with Gasteiger partial charge in [-0.25, -0.2) is 4.79 Å². The second-order valence-corrected chi connectivity index (χ2v) is 7.93. The number of ether oxygens (including phenoxy) is 1. The van der Waals surface area contributed by atoms with Crippen LogP contribution in [0.25, 0.3) is 0 Å². The van der Waals surface area contributed by atoms with Gasteiger partial charge in [0.25, 0.3) is 0 Å². The summed E-state index contributed by atoms with van der Waals surface area (Å²) in [4.78, 5) is 15.1. The van der Waals surface area contributed by atoms with Crippen molar-refractivity contribution < 1.29 is 9.53 Å². The molecule has 0 aliphatic heterocycles. The maximum absolute atomic E-state index is 12.9. The highest BCUT2D eigenvalue weighted by Gasteiger charge is 2.50. The molecule has 22 heavy (non-hydrogen) atoms. The van der Waals surface area contributed by atoms with Gasteiger partial charge in [0.1, 0.15) is 0 Å². The maximum Gasteiger partial charge on any atom is 0.318 e. The van der Waals surface area contributed by atoms with E-state index in [9.17, 15) is 4.79 Å². The highest BCUT2D eigenvalue weighted by molar-refractivity contribution is 5.76. The normalized spacial score (nSPS) is 31.4. The Labute approximate surface area is 135 Å². The van der Waals surface area contributed by atoms with Crippen LogP contribution in [0, 0.1) is 5.41 Å². The summed E-state index contributed by atoms with van der Waals surface area (Å²) in [6.45, 7) is 7.22. The summed E-state index contributed by atoms with van der Waals surface area (Å²) in [6, 6.07) is 1.42. The molecule has 0 aromatic rings. The number of hydrogen-bond acceptors (Lipinski definition) is 2. The van der Waals surface area contributed by atoms with Crippen molar-refractivity contribution in [2.45, 2.75) is 96.4 Å². The Hall–Kier alpha value is -0.770. The van der Waals surface area contributed by atoms with E-state index in [1.165, 1.54) is 44.9 Å². The molecule has 0 spiro atoms. The highest BCUT2D eigenvalue weighted by atomic mass is 16.5. The minimum Gasteiger partial charge on any atom is -0.378 e. The molecule has 3 aliphatic carbocycles. The van der Waals surface area contributed by atoms with E-state index in [0.717, 1.165) is 13.0 Å². The van der Waals surface area contributed by atoms with Crippen LogP contribution in [0.4, 0.5) is 4.79 Å². The predicted molar refractivity (Wildman–Crippen MR) is 87.9 cm³/mol. The van der Waals surface area contributed by atoms with Gasteiger partial charge in [0, 0.05) is 30.1 Å². The second kappa shape index (κ2) is 6.38. The minimum atomic E-state index is 0.0491. The first kappa shape index (κ1) is 16.1. The molecule has 3 rings (SSSR count). The van der Waals surface area contributed by atoms with Crippen LogP contribution in [0.2, 0.25) is 0 Å². The van der Waals surface area contributed by atoms with Crippen LogP contribution >= 0.6 is 0 Å². The Kier molecular flexibility index (Phi) is 4.67. The fourth-order valence-electron chi connectivity index (χ4n) is 4.18. The highest BCUT2D eigenvalue weighted by Crippen LogP contribution is 2.43. The van der Waals surface area contributed by atoms with Crippen LogP contribution in [-0.4, -0.2) is 41.8 Å². The summed E-state index contributed by atoms with van der Waals surface area (Å²) in [5.41, 5.74) is 0.0491. The zero-order valence-electron chi connectivity index (χ0n) is 14.4. The largest absolute Gasteiger partial charge is 0.378 e. The van der Waals surface area contributed by atoms with Crippen LogP contribution in [0.3, 0.4) is 0 Å². The lowest BCUT2D eigenvalue weighted by molar-refractivity contribution is -0.111. The predicted octanol–water partition coefficient (Wildman–Crippen LogP) is 3.70. The number of carbonyl (C=O) groups is 1. The lowest BCUT2D eigenvalue weighted by Crippen LogP contribution is -2.64. The van der Waals surface area contributed by atoms with Crippen LogP contribution in [0.1, 0.15) is 72.1 Å². The number of carbonyl (C=O) groups excluding carboxylic acids is 1. The Morgan fingerprint density at radius 1 is 1.14 bits per heavy atom. The van der Waals surface area contributed by atoms with E-state index in [-0.39, 0.29) is 23.6 Å². The maximum atomic E-state index is 12.9. The van der Waals surface area contributed by atoms with Gasteiger partial charge >= 0.3 is 6.03 Å². The molecule has 0 radical (unpaired) electrons. The molecule has 0 aromatic heterocycles. The van der Waals surface area contributed by atoms with Gasteiger partial charge in [-0.3, -0.25) is 0 Å². The van der Waals surface area contributed by atoms with E-state index in [2.05, 4.69) is 24.1 Å². The van der Waals surface area contributed by atoms with Crippen molar-refractivity contribution in [3.8, 4) is 0 Å². The van der Waals surface area contributed by atoms with E-state index in [1.54, 1.807) is 0 Å². The van der Waals surface area contributed by atoms with E-state index in [1.807, 2.05) is 6.92 Å². The summed E-state index contributed by atoms with van der Waals surface area (Å²) in [6.07, 6.45) is 9.91. The van der Waals surface area contributed by atoms with Crippen molar-refractivity contribution in [2.24, 2.45) is 5.41 Å². The molecule has 126 valence electrons. The molecule has 3 saturated carbocycles. The molecule has 3 fully saturated rings. The first-order valence-electron chi connectivity index (χ1n) is 9.24. The van der Waals surface area contributed by atoms with E-state index in [0.29, 0.717) is 12.1 Å². The topological polar surface area (TPSA) is 41.6 Å². The molecule has 4 heteroatoms. The monoisotopic (exact) mass is 308 g/mol. The lowest BCUT2D eigenvalue weighted by Gasteiger charge is -2.52. The summed E-state index contributed by atoms with van der Waals surface area (Å²) in [7, 11) is 0. The van der Waals surface area contributed by atoms with Gasteiger partial charge in [-0.05, 0) is 39.0 Å². The molecular formula is C18H32N2O2. The van der Waals surface area contributed by atoms with Gasteiger partial charge in [0.15, 0.2) is 0 Å². The van der Waals surface area contributed by atoms with Gasteiger partial charge in [-0.2, -0.15) is 0 Å². The first-order valence-corrected chi connectivity index (χ1v) is 9.24. The molecule has 3 aliphatic rings. The third kappa shape index (κ3) is 3.12. The van der Waals surface area contributed by atoms with Crippen molar-refractivity contribution in [1.82, 2.24) is 10.2 Å².